The summed E-state index contributed by atoms with van der Waals surface area (Å²) in [5.41, 5.74) is 0.885. The normalized spacial score (nSPS) is 13.6. The highest BCUT2D eigenvalue weighted by atomic mass is 19.4. The van der Waals surface area contributed by atoms with Crippen molar-refractivity contribution in [3.8, 4) is 11.1 Å². The van der Waals surface area contributed by atoms with E-state index in [2.05, 4.69) is 20.5 Å². The summed E-state index contributed by atoms with van der Waals surface area (Å²) in [6.07, 6.45) is -1.96. The number of hydrogen-bond acceptors (Lipinski definition) is 5. The van der Waals surface area contributed by atoms with E-state index in [0.29, 0.717) is 17.8 Å². The number of anilines is 1. The fraction of sp³-hybridized carbons (Fsp3) is 0.190. The van der Waals surface area contributed by atoms with Gasteiger partial charge in [-0.2, -0.15) is 23.3 Å². The van der Waals surface area contributed by atoms with Crippen LogP contribution in [-0.4, -0.2) is 47.6 Å². The van der Waals surface area contributed by atoms with Gasteiger partial charge in [0, 0.05) is 42.7 Å². The molecule has 9 nitrogen and oxygen atoms in total. The number of hydrogen-bond donors (Lipinski definition) is 1. The summed E-state index contributed by atoms with van der Waals surface area (Å²) in [6.45, 7) is 0.149. The first kappa shape index (κ1) is 20.7. The number of aromatic nitrogens is 5. The van der Waals surface area contributed by atoms with E-state index >= 15 is 0 Å². The first-order chi connectivity index (χ1) is 15.7. The van der Waals surface area contributed by atoms with Crippen LogP contribution < -0.4 is 5.32 Å². The largest absolute Gasteiger partial charge is 0.435 e. The summed E-state index contributed by atoms with van der Waals surface area (Å²) >= 11 is 0. The molecule has 1 N–H and O–H groups in total. The van der Waals surface area contributed by atoms with Crippen LogP contribution in [0.3, 0.4) is 0 Å². The van der Waals surface area contributed by atoms with Crippen LogP contribution in [0.25, 0.3) is 16.8 Å². The number of benzene rings is 1. The zero-order chi connectivity index (χ0) is 23.3. The third-order valence-electron chi connectivity index (χ3n) is 5.22. The molecule has 0 atom stereocenters. The minimum atomic E-state index is -4.61. The van der Waals surface area contributed by atoms with E-state index in [1.807, 2.05) is 12.1 Å². The Labute approximate surface area is 184 Å². The van der Waals surface area contributed by atoms with E-state index in [1.165, 1.54) is 41.0 Å². The molecule has 33 heavy (non-hydrogen) atoms. The summed E-state index contributed by atoms with van der Waals surface area (Å²) in [5.74, 6) is -0.743. The van der Waals surface area contributed by atoms with E-state index in [9.17, 15) is 22.8 Å². The number of aryl methyl sites for hydroxylation is 1. The van der Waals surface area contributed by atoms with Crippen LogP contribution >= 0.6 is 0 Å². The molecule has 4 heterocycles. The quantitative estimate of drug-likeness (QED) is 0.511. The lowest BCUT2D eigenvalue weighted by Gasteiger charge is -2.14. The van der Waals surface area contributed by atoms with Crippen LogP contribution in [0.15, 0.2) is 48.8 Å². The van der Waals surface area contributed by atoms with Gasteiger partial charge in [-0.3, -0.25) is 19.6 Å². The van der Waals surface area contributed by atoms with Gasteiger partial charge in [-0.15, -0.1) is 5.10 Å². The summed E-state index contributed by atoms with van der Waals surface area (Å²) in [5, 5.41) is 10.2. The molecule has 5 rings (SSSR count). The van der Waals surface area contributed by atoms with Gasteiger partial charge in [0.2, 0.25) is 11.9 Å². The fourth-order valence-corrected chi connectivity index (χ4v) is 3.78. The molecule has 1 aromatic carbocycles. The van der Waals surface area contributed by atoms with Gasteiger partial charge in [0.25, 0.3) is 5.91 Å². The Morgan fingerprint density at radius 3 is 2.64 bits per heavy atom. The number of pyridine rings is 1. The minimum absolute atomic E-state index is 0.0245. The molecule has 0 aliphatic carbocycles. The third kappa shape index (κ3) is 3.79. The molecular formula is C21H16F3N7O2. The van der Waals surface area contributed by atoms with E-state index in [4.69, 9.17) is 0 Å². The van der Waals surface area contributed by atoms with Gasteiger partial charge in [0.15, 0.2) is 11.3 Å². The molecule has 0 radical (unpaired) electrons. The zero-order valence-electron chi connectivity index (χ0n) is 17.2. The minimum Gasteiger partial charge on any atom is -0.325 e. The zero-order valence-corrected chi connectivity index (χ0v) is 17.2. The molecule has 12 heteroatoms. The molecule has 3 aromatic heterocycles. The van der Waals surface area contributed by atoms with Crippen molar-refractivity contribution >= 4 is 23.4 Å². The molecule has 0 spiro atoms. The van der Waals surface area contributed by atoms with Gasteiger partial charge < -0.3 is 4.90 Å². The smallest absolute Gasteiger partial charge is 0.325 e. The van der Waals surface area contributed by atoms with Crippen molar-refractivity contribution in [3.05, 3.63) is 65.6 Å². The third-order valence-corrected chi connectivity index (χ3v) is 5.22. The number of rotatable bonds is 4. The second-order valence-corrected chi connectivity index (χ2v) is 7.59. The fourth-order valence-electron chi connectivity index (χ4n) is 3.78. The number of carbonyl (C=O) groups is 2. The highest BCUT2D eigenvalue weighted by Gasteiger charge is 2.37. The van der Waals surface area contributed by atoms with Crippen LogP contribution in [0, 0.1) is 0 Å². The van der Waals surface area contributed by atoms with E-state index in [1.54, 1.807) is 12.1 Å². The second kappa shape index (κ2) is 7.43. The molecule has 0 saturated heterocycles. The van der Waals surface area contributed by atoms with Crippen LogP contribution in [0.5, 0.6) is 0 Å². The summed E-state index contributed by atoms with van der Waals surface area (Å²) < 4.78 is 42.3. The predicted molar refractivity (Wildman–Crippen MR) is 110 cm³/mol. The summed E-state index contributed by atoms with van der Waals surface area (Å²) in [4.78, 5) is 30.5. The molecule has 168 valence electrons. The second-order valence-electron chi connectivity index (χ2n) is 7.59. The molecule has 4 aromatic rings. The van der Waals surface area contributed by atoms with Gasteiger partial charge >= 0.3 is 6.18 Å². The van der Waals surface area contributed by atoms with Gasteiger partial charge in [0.05, 0.1) is 0 Å². The Kier molecular flexibility index (Phi) is 4.65. The van der Waals surface area contributed by atoms with Crippen molar-refractivity contribution in [2.45, 2.75) is 12.7 Å². The molecule has 0 unspecified atom stereocenters. The maximum atomic E-state index is 13.3. The lowest BCUT2D eigenvalue weighted by atomic mass is 10.1. The van der Waals surface area contributed by atoms with Crippen molar-refractivity contribution in [2.75, 3.05) is 11.9 Å². The predicted octanol–water partition coefficient (Wildman–Crippen LogP) is 2.74. The Hall–Kier alpha value is -4.22. The molecule has 0 fully saturated rings. The molecule has 0 bridgehead atoms. The molecule has 0 saturated carbocycles. The van der Waals surface area contributed by atoms with Crippen molar-refractivity contribution < 1.29 is 22.8 Å². The molecular weight excluding hydrogens is 439 g/mol. The number of alkyl halides is 3. The van der Waals surface area contributed by atoms with Gasteiger partial charge in [-0.1, -0.05) is 18.2 Å². The number of nitrogens with zero attached hydrogens (tertiary/aromatic N) is 6. The van der Waals surface area contributed by atoms with Crippen molar-refractivity contribution in [1.82, 2.24) is 29.3 Å². The molecule has 1 aliphatic rings. The Balaban J connectivity index is 1.34. The average molecular weight is 455 g/mol. The summed E-state index contributed by atoms with van der Waals surface area (Å²) in [6, 6.07) is 10.1. The Morgan fingerprint density at radius 1 is 1.09 bits per heavy atom. The van der Waals surface area contributed by atoms with Crippen LogP contribution in [0.4, 0.5) is 19.1 Å². The van der Waals surface area contributed by atoms with Gasteiger partial charge in [-0.25, -0.2) is 4.52 Å². The number of halogens is 3. The number of amides is 2. The van der Waals surface area contributed by atoms with Gasteiger partial charge in [0.1, 0.15) is 6.54 Å². The van der Waals surface area contributed by atoms with E-state index < -0.39 is 17.8 Å². The van der Waals surface area contributed by atoms with Crippen LogP contribution in [0.1, 0.15) is 21.6 Å². The standard InChI is InChI=1S/C21H16F3N7O2/c1-29-10-15(18(27-29)21(22,23)24)13-6-7-16-25-20(28-31(16)9-13)26-17(32)11-30-8-12-4-2-3-5-14(12)19(30)33/h2-7,9-10H,8,11H2,1H3,(H,26,28,32). The maximum absolute atomic E-state index is 13.3. The van der Waals surface area contributed by atoms with Crippen LogP contribution in [-0.2, 0) is 24.6 Å². The topological polar surface area (TPSA) is 97.4 Å². The van der Waals surface area contributed by atoms with Crippen molar-refractivity contribution in [2.24, 2.45) is 7.05 Å². The van der Waals surface area contributed by atoms with E-state index in [-0.39, 0.29) is 29.5 Å². The highest BCUT2D eigenvalue weighted by Crippen LogP contribution is 2.35. The van der Waals surface area contributed by atoms with Crippen LogP contribution in [0.2, 0.25) is 0 Å². The molecule has 2 amide bonds. The number of carbonyl (C=O) groups excluding carboxylic acids is 2. The lowest BCUT2D eigenvalue weighted by molar-refractivity contribution is -0.141. The highest BCUT2D eigenvalue weighted by molar-refractivity contribution is 6.01. The monoisotopic (exact) mass is 455 g/mol. The van der Waals surface area contributed by atoms with Crippen molar-refractivity contribution in [1.29, 1.82) is 0 Å². The first-order valence-electron chi connectivity index (χ1n) is 9.84. The van der Waals surface area contributed by atoms with E-state index in [0.717, 1.165) is 10.2 Å². The lowest BCUT2D eigenvalue weighted by Crippen LogP contribution is -2.33. The van der Waals surface area contributed by atoms with Gasteiger partial charge in [-0.05, 0) is 23.8 Å². The number of fused-ring (bicyclic) bond motifs is 2. The maximum Gasteiger partial charge on any atom is 0.435 e. The SMILES string of the molecule is Cn1cc(-c2ccc3nc(NC(=O)CN4Cc5ccccc5C4=O)nn3c2)c(C(F)(F)F)n1. The Bertz CT molecular complexity index is 1410. The number of nitrogens with one attached hydrogen (secondary N) is 1. The average Bonchev–Trinajstić information content (AvgIpc) is 3.42. The summed E-state index contributed by atoms with van der Waals surface area (Å²) in [7, 11) is 1.41. The Morgan fingerprint density at radius 2 is 1.88 bits per heavy atom. The first-order valence-corrected chi connectivity index (χ1v) is 9.84. The molecule has 1 aliphatic heterocycles. The van der Waals surface area contributed by atoms with Crippen molar-refractivity contribution in [3.63, 3.8) is 0 Å².